The number of fused-ring (bicyclic) bond motifs is 1. The lowest BCUT2D eigenvalue weighted by Crippen LogP contribution is -2.23. The molecule has 0 amide bonds. The van der Waals surface area contributed by atoms with Gasteiger partial charge in [0, 0.05) is 15.6 Å². The summed E-state index contributed by atoms with van der Waals surface area (Å²) in [6, 6.07) is 22.1. The molecule has 5 aromatic rings. The predicted molar refractivity (Wildman–Crippen MR) is 129 cm³/mol. The summed E-state index contributed by atoms with van der Waals surface area (Å²) in [6.07, 6.45) is 1.66. The molecule has 0 N–H and O–H groups in total. The van der Waals surface area contributed by atoms with Crippen LogP contribution in [0.5, 0.6) is 0 Å². The summed E-state index contributed by atoms with van der Waals surface area (Å²) in [7, 11) is 0. The fourth-order valence-electron chi connectivity index (χ4n) is 3.59. The molecule has 0 fully saturated rings. The van der Waals surface area contributed by atoms with Crippen molar-refractivity contribution in [1.82, 2.24) is 19.6 Å². The Labute approximate surface area is 198 Å². The molecule has 158 valence electrons. The Hall–Kier alpha value is -3.12. The van der Waals surface area contributed by atoms with Crippen molar-refractivity contribution in [3.63, 3.8) is 0 Å². The Morgan fingerprint density at radius 1 is 0.844 bits per heavy atom. The number of aromatic nitrogens is 4. The SMILES string of the molecule is O=c1c2nn(-c3ccc(Cl)cc3Cl)c(-c3ccc(Cl)cc3)c2cnn1Cc1ccccc1. The third-order valence-electron chi connectivity index (χ3n) is 5.12. The van der Waals surface area contributed by atoms with Crippen molar-refractivity contribution < 1.29 is 0 Å². The summed E-state index contributed by atoms with van der Waals surface area (Å²) in [6.45, 7) is 0.348. The minimum atomic E-state index is -0.287. The van der Waals surface area contributed by atoms with Crippen LogP contribution in [0.3, 0.4) is 0 Å². The highest BCUT2D eigenvalue weighted by Gasteiger charge is 2.20. The normalized spacial score (nSPS) is 11.2. The van der Waals surface area contributed by atoms with Crippen molar-refractivity contribution in [3.8, 4) is 16.9 Å². The van der Waals surface area contributed by atoms with Gasteiger partial charge in [0.2, 0.25) is 0 Å². The van der Waals surface area contributed by atoms with Gasteiger partial charge >= 0.3 is 0 Å². The molecule has 2 aromatic heterocycles. The van der Waals surface area contributed by atoms with Gasteiger partial charge in [0.05, 0.1) is 34.5 Å². The Bertz CT molecular complexity index is 1490. The lowest BCUT2D eigenvalue weighted by molar-refractivity contribution is 0.645. The van der Waals surface area contributed by atoms with E-state index in [-0.39, 0.29) is 5.56 Å². The van der Waals surface area contributed by atoms with Crippen molar-refractivity contribution in [2.45, 2.75) is 6.54 Å². The van der Waals surface area contributed by atoms with E-state index in [0.29, 0.717) is 43.9 Å². The number of rotatable bonds is 4. The maximum Gasteiger partial charge on any atom is 0.295 e. The van der Waals surface area contributed by atoms with E-state index in [0.717, 1.165) is 11.1 Å². The highest BCUT2D eigenvalue weighted by atomic mass is 35.5. The molecule has 0 aliphatic rings. The maximum atomic E-state index is 13.3. The molecule has 0 radical (unpaired) electrons. The van der Waals surface area contributed by atoms with Crippen molar-refractivity contribution in [3.05, 3.63) is 110 Å². The minimum Gasteiger partial charge on any atom is -0.265 e. The van der Waals surface area contributed by atoms with Crippen LogP contribution in [0, 0.1) is 0 Å². The lowest BCUT2D eigenvalue weighted by atomic mass is 10.1. The monoisotopic (exact) mass is 480 g/mol. The van der Waals surface area contributed by atoms with Gasteiger partial charge in [-0.05, 0) is 35.9 Å². The first-order valence-corrected chi connectivity index (χ1v) is 10.9. The number of benzene rings is 3. The molecule has 0 bridgehead atoms. The van der Waals surface area contributed by atoms with Gasteiger partial charge < -0.3 is 0 Å². The molecule has 32 heavy (non-hydrogen) atoms. The highest BCUT2D eigenvalue weighted by Crippen LogP contribution is 2.33. The summed E-state index contributed by atoms with van der Waals surface area (Å²) < 4.78 is 3.06. The molecule has 0 aliphatic heterocycles. The summed E-state index contributed by atoms with van der Waals surface area (Å²) in [4.78, 5) is 13.3. The standard InChI is InChI=1S/C24H15Cl3N4O/c25-17-8-6-16(7-9-17)23-19-13-28-30(14-15-4-2-1-3-5-15)24(32)22(19)29-31(23)21-11-10-18(26)12-20(21)27/h1-13H,14H2. The van der Waals surface area contributed by atoms with E-state index in [4.69, 9.17) is 34.8 Å². The fraction of sp³-hybridized carbons (Fsp3) is 0.0417. The van der Waals surface area contributed by atoms with Gasteiger partial charge in [0.25, 0.3) is 5.56 Å². The first kappa shape index (κ1) is 20.8. The average molecular weight is 482 g/mol. The molecule has 0 spiro atoms. The van der Waals surface area contributed by atoms with E-state index in [1.165, 1.54) is 4.68 Å². The first-order chi connectivity index (χ1) is 15.5. The molecule has 0 saturated heterocycles. The van der Waals surface area contributed by atoms with Gasteiger partial charge in [-0.1, -0.05) is 77.3 Å². The topological polar surface area (TPSA) is 52.7 Å². The van der Waals surface area contributed by atoms with Gasteiger partial charge in [-0.2, -0.15) is 10.2 Å². The van der Waals surface area contributed by atoms with Crippen LogP contribution in [0.1, 0.15) is 5.56 Å². The third kappa shape index (κ3) is 3.79. The zero-order valence-corrected chi connectivity index (χ0v) is 18.8. The molecular weight excluding hydrogens is 467 g/mol. The number of hydrogen-bond donors (Lipinski definition) is 0. The van der Waals surface area contributed by atoms with Crippen molar-refractivity contribution in [2.24, 2.45) is 0 Å². The van der Waals surface area contributed by atoms with Gasteiger partial charge in [-0.3, -0.25) is 4.79 Å². The molecule has 2 heterocycles. The van der Waals surface area contributed by atoms with Gasteiger partial charge in [-0.25, -0.2) is 9.36 Å². The van der Waals surface area contributed by atoms with Crippen LogP contribution in [0.2, 0.25) is 15.1 Å². The van der Waals surface area contributed by atoms with E-state index >= 15 is 0 Å². The second-order valence-corrected chi connectivity index (χ2v) is 8.50. The number of hydrogen-bond acceptors (Lipinski definition) is 3. The largest absolute Gasteiger partial charge is 0.295 e. The average Bonchev–Trinajstić information content (AvgIpc) is 3.17. The fourth-order valence-corrected chi connectivity index (χ4v) is 4.21. The van der Waals surface area contributed by atoms with Crippen LogP contribution in [0.4, 0.5) is 0 Å². The summed E-state index contributed by atoms with van der Waals surface area (Å²) in [5.41, 5.74) is 3.10. The molecule has 5 rings (SSSR count). The molecule has 8 heteroatoms. The second kappa shape index (κ2) is 8.43. The van der Waals surface area contributed by atoms with E-state index in [1.807, 2.05) is 42.5 Å². The molecule has 0 saturated carbocycles. The summed E-state index contributed by atoms with van der Waals surface area (Å²) >= 11 is 18.7. The number of halogens is 3. The zero-order chi connectivity index (χ0) is 22.2. The molecule has 0 aliphatic carbocycles. The Kier molecular flexibility index (Phi) is 5.47. The Morgan fingerprint density at radius 3 is 2.28 bits per heavy atom. The van der Waals surface area contributed by atoms with E-state index < -0.39 is 0 Å². The van der Waals surface area contributed by atoms with E-state index in [1.54, 1.807) is 41.2 Å². The summed E-state index contributed by atoms with van der Waals surface area (Å²) in [5.74, 6) is 0. The van der Waals surface area contributed by atoms with Gasteiger partial charge in [0.15, 0.2) is 5.52 Å². The second-order valence-electron chi connectivity index (χ2n) is 7.22. The minimum absolute atomic E-state index is 0.287. The van der Waals surface area contributed by atoms with E-state index in [2.05, 4.69) is 10.2 Å². The highest BCUT2D eigenvalue weighted by molar-refractivity contribution is 6.35. The summed E-state index contributed by atoms with van der Waals surface area (Å²) in [5, 5.41) is 11.2. The van der Waals surface area contributed by atoms with Crippen LogP contribution in [-0.2, 0) is 6.54 Å². The molecule has 3 aromatic carbocycles. The molecular formula is C24H15Cl3N4O. The molecule has 5 nitrogen and oxygen atoms in total. The Morgan fingerprint density at radius 2 is 1.56 bits per heavy atom. The number of nitrogens with zero attached hydrogens (tertiary/aromatic N) is 4. The van der Waals surface area contributed by atoms with E-state index in [9.17, 15) is 4.79 Å². The predicted octanol–water partition coefficient (Wildman–Crippen LogP) is 6.26. The quantitative estimate of drug-likeness (QED) is 0.304. The van der Waals surface area contributed by atoms with Crippen molar-refractivity contribution in [2.75, 3.05) is 0 Å². The van der Waals surface area contributed by atoms with Crippen LogP contribution in [0.25, 0.3) is 27.8 Å². The Balaban J connectivity index is 1.76. The van der Waals surface area contributed by atoms with Gasteiger partial charge in [-0.15, -0.1) is 0 Å². The molecule has 0 atom stereocenters. The van der Waals surface area contributed by atoms with Crippen LogP contribution >= 0.6 is 34.8 Å². The third-order valence-corrected chi connectivity index (χ3v) is 5.91. The van der Waals surface area contributed by atoms with Crippen LogP contribution in [0.15, 0.2) is 83.8 Å². The lowest BCUT2D eigenvalue weighted by Gasteiger charge is -2.10. The first-order valence-electron chi connectivity index (χ1n) is 9.75. The smallest absolute Gasteiger partial charge is 0.265 e. The van der Waals surface area contributed by atoms with Crippen LogP contribution < -0.4 is 5.56 Å². The van der Waals surface area contributed by atoms with Crippen LogP contribution in [-0.4, -0.2) is 19.6 Å². The van der Waals surface area contributed by atoms with Crippen molar-refractivity contribution in [1.29, 1.82) is 0 Å². The van der Waals surface area contributed by atoms with Crippen molar-refractivity contribution >= 4 is 45.7 Å². The maximum absolute atomic E-state index is 13.3. The zero-order valence-electron chi connectivity index (χ0n) is 16.5. The molecule has 0 unspecified atom stereocenters. The van der Waals surface area contributed by atoms with Gasteiger partial charge in [0.1, 0.15) is 0 Å².